The Labute approximate surface area is 109 Å². The molecule has 1 rings (SSSR count). The molecule has 0 fully saturated rings. The van der Waals surface area contributed by atoms with Crippen molar-refractivity contribution in [3.8, 4) is 0 Å². The zero-order valence-electron chi connectivity index (χ0n) is 9.02. The first-order chi connectivity index (χ1) is 7.74. The number of unbranched alkanes of at least 4 members (excludes halogenated alkanes) is 2. The quantitative estimate of drug-likeness (QED) is 0.532. The van der Waals surface area contributed by atoms with Gasteiger partial charge in [0.05, 0.1) is 6.61 Å². The molecule has 0 spiro atoms. The zero-order valence-corrected chi connectivity index (χ0v) is 11.4. The van der Waals surface area contributed by atoms with Gasteiger partial charge in [0.2, 0.25) is 0 Å². The van der Waals surface area contributed by atoms with Crippen LogP contribution in [0.1, 0.15) is 24.8 Å². The average molecular weight is 310 g/mol. The van der Waals surface area contributed by atoms with Crippen LogP contribution in [-0.4, -0.2) is 12.5 Å². The summed E-state index contributed by atoms with van der Waals surface area (Å²) in [6.45, 7) is 0.981. The summed E-state index contributed by atoms with van der Waals surface area (Å²) in [4.78, 5) is 0. The van der Waals surface area contributed by atoms with Gasteiger partial charge >= 0.3 is 0 Å². The summed E-state index contributed by atoms with van der Waals surface area (Å²) in [7, 11) is 0. The van der Waals surface area contributed by atoms with Crippen LogP contribution in [0.5, 0.6) is 0 Å². The molecule has 0 aliphatic carbocycles. The Bertz CT molecular complexity index is 320. The van der Waals surface area contributed by atoms with E-state index in [2.05, 4.69) is 15.9 Å². The van der Waals surface area contributed by atoms with E-state index in [-0.39, 0.29) is 5.82 Å². The predicted octanol–water partition coefficient (Wildman–Crippen LogP) is 4.51. The van der Waals surface area contributed by atoms with E-state index in [1.807, 2.05) is 0 Å². The molecule has 0 radical (unpaired) electrons. The minimum absolute atomic E-state index is 0.219. The van der Waals surface area contributed by atoms with Crippen LogP contribution in [-0.2, 0) is 11.3 Å². The molecule has 0 heterocycles. The van der Waals surface area contributed by atoms with Crippen molar-refractivity contribution in [3.05, 3.63) is 34.1 Å². The molecule has 0 saturated heterocycles. The third-order valence-corrected chi connectivity index (χ3v) is 2.95. The van der Waals surface area contributed by atoms with Gasteiger partial charge in [-0.15, -0.1) is 11.6 Å². The third kappa shape index (κ3) is 5.28. The third-order valence-electron chi connectivity index (χ3n) is 2.19. The highest BCUT2D eigenvalue weighted by atomic mass is 79.9. The van der Waals surface area contributed by atoms with Gasteiger partial charge in [-0.3, -0.25) is 0 Å². The van der Waals surface area contributed by atoms with Crippen LogP contribution in [0.4, 0.5) is 4.39 Å². The fraction of sp³-hybridized carbons (Fsp3) is 0.500. The van der Waals surface area contributed by atoms with Gasteiger partial charge in [-0.1, -0.05) is 15.9 Å². The SMILES string of the molecule is Fc1ccc(Br)cc1COCCCCCCl. The highest BCUT2D eigenvalue weighted by molar-refractivity contribution is 9.10. The Kier molecular flexibility index (Phi) is 7.01. The Morgan fingerprint density at radius 2 is 2.06 bits per heavy atom. The minimum atomic E-state index is -0.219. The second-order valence-corrected chi connectivity index (χ2v) is 4.83. The minimum Gasteiger partial charge on any atom is -0.377 e. The Morgan fingerprint density at radius 3 is 2.81 bits per heavy atom. The summed E-state index contributed by atoms with van der Waals surface area (Å²) in [5.74, 6) is 0.476. The molecule has 0 atom stereocenters. The van der Waals surface area contributed by atoms with E-state index in [9.17, 15) is 4.39 Å². The predicted molar refractivity (Wildman–Crippen MR) is 68.3 cm³/mol. The molecule has 16 heavy (non-hydrogen) atoms. The number of ether oxygens (including phenoxy) is 1. The second-order valence-electron chi connectivity index (χ2n) is 3.54. The summed E-state index contributed by atoms with van der Waals surface area (Å²) in [6, 6.07) is 4.86. The molecule has 1 nitrogen and oxygen atoms in total. The van der Waals surface area contributed by atoms with Crippen LogP contribution in [0, 0.1) is 5.82 Å². The zero-order chi connectivity index (χ0) is 11.8. The highest BCUT2D eigenvalue weighted by Gasteiger charge is 2.02. The van der Waals surface area contributed by atoms with Gasteiger partial charge in [-0.25, -0.2) is 4.39 Å². The molecule has 0 bridgehead atoms. The molecule has 1 aromatic rings. The van der Waals surface area contributed by atoms with E-state index in [1.54, 1.807) is 12.1 Å². The van der Waals surface area contributed by atoms with Crippen LogP contribution < -0.4 is 0 Å². The molecule has 0 unspecified atom stereocenters. The lowest BCUT2D eigenvalue weighted by Crippen LogP contribution is -1.98. The highest BCUT2D eigenvalue weighted by Crippen LogP contribution is 2.16. The maximum absolute atomic E-state index is 13.3. The van der Waals surface area contributed by atoms with Gasteiger partial charge in [0.1, 0.15) is 5.82 Å². The number of benzene rings is 1. The molecule has 0 N–H and O–H groups in total. The van der Waals surface area contributed by atoms with Crippen molar-refractivity contribution in [2.24, 2.45) is 0 Å². The molecule has 90 valence electrons. The molecule has 4 heteroatoms. The number of alkyl halides is 1. The van der Waals surface area contributed by atoms with E-state index in [4.69, 9.17) is 16.3 Å². The van der Waals surface area contributed by atoms with E-state index >= 15 is 0 Å². The summed E-state index contributed by atoms with van der Waals surface area (Å²) in [5.41, 5.74) is 0.590. The van der Waals surface area contributed by atoms with Crippen LogP contribution in [0.25, 0.3) is 0 Å². The lowest BCUT2D eigenvalue weighted by molar-refractivity contribution is 0.115. The van der Waals surface area contributed by atoms with Crippen molar-refractivity contribution in [3.63, 3.8) is 0 Å². The van der Waals surface area contributed by atoms with E-state index in [0.717, 1.165) is 23.7 Å². The lowest BCUT2D eigenvalue weighted by Gasteiger charge is -2.05. The molecular weight excluding hydrogens is 294 g/mol. The summed E-state index contributed by atoms with van der Waals surface area (Å²) in [6.07, 6.45) is 3.04. The Hall–Kier alpha value is -0.120. The normalized spacial score (nSPS) is 10.7. The van der Waals surface area contributed by atoms with Crippen molar-refractivity contribution in [2.45, 2.75) is 25.9 Å². The van der Waals surface area contributed by atoms with Gasteiger partial charge < -0.3 is 4.74 Å². The van der Waals surface area contributed by atoms with Gasteiger partial charge in [0.15, 0.2) is 0 Å². The maximum Gasteiger partial charge on any atom is 0.128 e. The van der Waals surface area contributed by atoms with Crippen molar-refractivity contribution < 1.29 is 9.13 Å². The Morgan fingerprint density at radius 1 is 1.25 bits per heavy atom. The summed E-state index contributed by atoms with van der Waals surface area (Å²) in [5, 5.41) is 0. The second kappa shape index (κ2) is 8.04. The summed E-state index contributed by atoms with van der Waals surface area (Å²) >= 11 is 8.86. The van der Waals surface area contributed by atoms with Crippen LogP contribution >= 0.6 is 27.5 Å². The monoisotopic (exact) mass is 308 g/mol. The van der Waals surface area contributed by atoms with E-state index in [1.165, 1.54) is 6.07 Å². The fourth-order valence-electron chi connectivity index (χ4n) is 1.31. The van der Waals surface area contributed by atoms with E-state index in [0.29, 0.717) is 24.7 Å². The van der Waals surface area contributed by atoms with Crippen molar-refractivity contribution in [1.29, 1.82) is 0 Å². The molecular formula is C12H15BrClFO. The number of rotatable bonds is 7. The number of hydrogen-bond donors (Lipinski definition) is 0. The van der Waals surface area contributed by atoms with Crippen LogP contribution in [0.3, 0.4) is 0 Å². The van der Waals surface area contributed by atoms with Gasteiger partial charge in [-0.2, -0.15) is 0 Å². The number of hydrogen-bond acceptors (Lipinski definition) is 1. The molecule has 0 saturated carbocycles. The topological polar surface area (TPSA) is 9.23 Å². The van der Waals surface area contributed by atoms with Crippen LogP contribution in [0.15, 0.2) is 22.7 Å². The molecule has 0 aliphatic rings. The fourth-order valence-corrected chi connectivity index (χ4v) is 1.91. The molecule has 0 aromatic heterocycles. The first-order valence-electron chi connectivity index (χ1n) is 5.31. The average Bonchev–Trinajstić information content (AvgIpc) is 2.28. The molecule has 0 aliphatic heterocycles. The van der Waals surface area contributed by atoms with E-state index < -0.39 is 0 Å². The molecule has 1 aromatic carbocycles. The Balaban J connectivity index is 2.23. The van der Waals surface area contributed by atoms with Crippen LogP contribution in [0.2, 0.25) is 0 Å². The van der Waals surface area contributed by atoms with Crippen molar-refractivity contribution in [2.75, 3.05) is 12.5 Å². The standard InChI is InChI=1S/C12H15BrClFO/c13-11-4-5-12(15)10(8-11)9-16-7-3-1-2-6-14/h4-5,8H,1-3,6-7,9H2. The van der Waals surface area contributed by atoms with Crippen molar-refractivity contribution >= 4 is 27.5 Å². The molecule has 0 amide bonds. The largest absolute Gasteiger partial charge is 0.377 e. The lowest BCUT2D eigenvalue weighted by atomic mass is 10.2. The van der Waals surface area contributed by atoms with Gasteiger partial charge in [0.25, 0.3) is 0 Å². The van der Waals surface area contributed by atoms with Gasteiger partial charge in [0, 0.05) is 22.5 Å². The van der Waals surface area contributed by atoms with Gasteiger partial charge in [-0.05, 0) is 37.5 Å². The summed E-state index contributed by atoms with van der Waals surface area (Å²) < 4.78 is 19.5. The number of halogens is 3. The van der Waals surface area contributed by atoms with Crippen molar-refractivity contribution in [1.82, 2.24) is 0 Å². The maximum atomic E-state index is 13.3. The smallest absolute Gasteiger partial charge is 0.128 e. The first-order valence-corrected chi connectivity index (χ1v) is 6.64. The first kappa shape index (κ1) is 13.9.